The first-order valence-electron chi connectivity index (χ1n) is 31.2. The van der Waals surface area contributed by atoms with Crippen molar-refractivity contribution in [3.05, 3.63) is 29.8 Å². The average Bonchev–Trinajstić information content (AvgIpc) is 0.749. The molecule has 544 valence electrons. The predicted molar refractivity (Wildman–Crippen MR) is 342 cm³/mol. The van der Waals surface area contributed by atoms with E-state index in [0.717, 1.165) is 0 Å². The van der Waals surface area contributed by atoms with E-state index in [1.54, 1.807) is 9.80 Å². The van der Waals surface area contributed by atoms with Crippen molar-refractivity contribution in [2.45, 2.75) is 133 Å². The second-order valence-corrected chi connectivity index (χ2v) is 30.0. The number of amides is 9. The van der Waals surface area contributed by atoms with Crippen LogP contribution in [0.3, 0.4) is 0 Å². The van der Waals surface area contributed by atoms with Crippen LogP contribution in [0.5, 0.6) is 0 Å². The van der Waals surface area contributed by atoms with Gasteiger partial charge in [-0.05, 0) is 53.1 Å². The van der Waals surface area contributed by atoms with Crippen molar-refractivity contribution in [3.63, 3.8) is 0 Å². The summed E-state index contributed by atoms with van der Waals surface area (Å²) in [6.07, 6.45) is -3.16. The summed E-state index contributed by atoms with van der Waals surface area (Å²) in [7, 11) is -3.75. The first-order valence-corrected chi connectivity index (χ1v) is 33.0. The number of aliphatic hydroxyl groups excluding tert-OH is 1. The third kappa shape index (κ3) is 31.6. The highest BCUT2D eigenvalue weighted by Gasteiger charge is 2.56. The van der Waals surface area contributed by atoms with Gasteiger partial charge >= 0.3 is 47.8 Å². The normalized spacial score (nSPS) is 15.5. The quantitative estimate of drug-likeness (QED) is 0.0169. The summed E-state index contributed by atoms with van der Waals surface area (Å²) in [5.41, 5.74) is 0.0627. The molecule has 1 aliphatic heterocycles. The monoisotopic (exact) mass is 1400 g/mol. The summed E-state index contributed by atoms with van der Waals surface area (Å²) in [5, 5.41) is 96.1. The van der Waals surface area contributed by atoms with Crippen molar-refractivity contribution in [3.8, 4) is 0 Å². The number of rotatable bonds is 39. The minimum atomic E-state index is -3.75. The molecule has 0 unspecified atom stereocenters. The van der Waals surface area contributed by atoms with E-state index < -0.39 is 203 Å². The Labute approximate surface area is 559 Å². The van der Waals surface area contributed by atoms with E-state index >= 15 is 4.11 Å². The fraction of sp³-hybridized carbons (Fsp3) is 0.644. The van der Waals surface area contributed by atoms with Gasteiger partial charge in [0.15, 0.2) is 0 Å². The van der Waals surface area contributed by atoms with Gasteiger partial charge in [0.2, 0.25) is 35.4 Å². The number of carboxylic acid groups (broad SMARTS) is 7. The summed E-state index contributed by atoms with van der Waals surface area (Å²) >= 11 is 0. The first kappa shape index (κ1) is 84.1. The van der Waals surface area contributed by atoms with Crippen LogP contribution in [0.4, 0.5) is 8.90 Å². The van der Waals surface area contributed by atoms with Gasteiger partial charge in [-0.1, -0.05) is 53.7 Å². The topological polar surface area (TPSA) is 539 Å². The van der Waals surface area contributed by atoms with Crippen LogP contribution in [0.1, 0.15) is 103 Å². The van der Waals surface area contributed by atoms with Crippen LogP contribution in [0.2, 0.25) is 10.1 Å². The number of carbonyl (C=O) groups excluding carboxylic acids is 8. The van der Waals surface area contributed by atoms with Crippen molar-refractivity contribution < 1.29 is 117 Å². The second kappa shape index (κ2) is 41.2. The summed E-state index contributed by atoms with van der Waals surface area (Å²) in [4.78, 5) is 192. The molecule has 17 N–H and O–H groups in total. The fourth-order valence-electron chi connectivity index (χ4n) is 10.4. The molecule has 1 fully saturated rings. The van der Waals surface area contributed by atoms with E-state index in [2.05, 4.69) is 37.2 Å². The van der Waals surface area contributed by atoms with Crippen molar-refractivity contribution in [1.29, 1.82) is 0 Å². The predicted octanol–water partition coefficient (Wildman–Crippen LogP) is -4.10. The molecule has 0 spiro atoms. The zero-order valence-electron chi connectivity index (χ0n) is 55.2. The highest BCUT2D eigenvalue weighted by molar-refractivity contribution is 6.90. The summed E-state index contributed by atoms with van der Waals surface area (Å²) in [5.74, 6) is -15.4. The minimum absolute atomic E-state index is 0.00791. The number of urea groups is 1. The smallest absolute Gasteiger partial charge is 0.326 e. The van der Waals surface area contributed by atoms with Crippen LogP contribution < -0.4 is 53.0 Å². The molecule has 1 aromatic rings. The van der Waals surface area contributed by atoms with Gasteiger partial charge in [0.25, 0.3) is 14.3 Å². The number of nitrogens with one attached hydrogen (secondary N) is 9. The van der Waals surface area contributed by atoms with Gasteiger partial charge in [0.05, 0.1) is 32.8 Å². The minimum Gasteiger partial charge on any atom is -0.481 e. The van der Waals surface area contributed by atoms with Crippen molar-refractivity contribution in [2.24, 2.45) is 0 Å². The Morgan fingerprint density at radius 2 is 0.835 bits per heavy atom. The zero-order chi connectivity index (χ0) is 73.4. The lowest BCUT2D eigenvalue weighted by Gasteiger charge is -2.44. The lowest BCUT2D eigenvalue weighted by molar-refractivity contribution is -0.142. The third-order valence-corrected chi connectivity index (χ3v) is 20.6. The number of nitrogens with zero attached hydrogens (tertiary/aromatic N) is 4. The molecular weight excluding hydrogens is 1310 g/mol. The molecule has 5 atom stereocenters. The van der Waals surface area contributed by atoms with Crippen LogP contribution in [0.15, 0.2) is 24.3 Å². The highest BCUT2D eigenvalue weighted by Crippen LogP contribution is 2.51. The van der Waals surface area contributed by atoms with Gasteiger partial charge in [0, 0.05) is 110 Å². The molecule has 0 saturated carbocycles. The van der Waals surface area contributed by atoms with Crippen LogP contribution in [-0.2, 0) is 62.3 Å². The highest BCUT2D eigenvalue weighted by atomic mass is 28.4. The molecule has 0 bridgehead atoms. The Balaban J connectivity index is 2.11. The van der Waals surface area contributed by atoms with Crippen molar-refractivity contribution >= 4 is 103 Å². The van der Waals surface area contributed by atoms with E-state index in [-0.39, 0.29) is 103 Å². The number of carbonyl (C=O) groups is 15. The van der Waals surface area contributed by atoms with Gasteiger partial charge in [-0.2, -0.15) is 0 Å². The van der Waals surface area contributed by atoms with Crippen molar-refractivity contribution in [2.75, 3.05) is 111 Å². The summed E-state index contributed by atoms with van der Waals surface area (Å²) in [6.45, 7) is 7.33. The van der Waals surface area contributed by atoms with Gasteiger partial charge in [-0.25, -0.2) is 19.2 Å². The van der Waals surface area contributed by atoms with Crippen molar-refractivity contribution in [1.82, 2.24) is 67.5 Å². The van der Waals surface area contributed by atoms with Gasteiger partial charge in [0.1, 0.15) is 30.2 Å². The number of aliphatic hydroxyl groups is 1. The van der Waals surface area contributed by atoms with E-state index in [1.807, 2.05) is 52.2 Å². The fourth-order valence-corrected chi connectivity index (χ4v) is 15.0. The SMILES string of the molecule is CC(C)(C)[Si](F)(c1ccc(C(=O)NC[C@@H](NC(=O)CN2CCN(CC(=O)O)CCN(CC(=O)O)CCN(CC(=O)O)CC2)C(=O)N[C@H](CO)C(=O)NCCC(=O)NCCC(=O)NCCC[C@@H](NC(=O)CC[C@H](NC(=O)N[C@@H](CCC(=O)O)C(=O)O)C(=O)O)C(=O)O)cc1)C(C)(C)C. The molecule has 38 heteroatoms. The molecule has 0 aliphatic carbocycles. The maximum absolute atomic E-state index is 17.1. The number of carboxylic acids is 7. The Morgan fingerprint density at radius 1 is 0.433 bits per heavy atom. The van der Waals surface area contributed by atoms with Crippen LogP contribution >= 0.6 is 0 Å². The molecule has 1 aromatic carbocycles. The Kier molecular flexibility index (Phi) is 35.7. The van der Waals surface area contributed by atoms with E-state index in [9.17, 15) is 108 Å². The van der Waals surface area contributed by atoms with Gasteiger partial charge < -0.3 is 92.8 Å². The molecular formula is C59H94FN13O23Si. The largest absolute Gasteiger partial charge is 0.481 e. The number of hydrogen-bond acceptors (Lipinski definition) is 20. The number of benzene rings is 1. The lowest BCUT2D eigenvalue weighted by atomic mass is 10.1. The molecule has 2 rings (SSSR count). The molecule has 1 aliphatic rings. The molecule has 97 heavy (non-hydrogen) atoms. The Morgan fingerprint density at radius 3 is 1.25 bits per heavy atom. The first-order chi connectivity index (χ1) is 45.3. The molecule has 1 heterocycles. The molecule has 36 nitrogen and oxygen atoms in total. The molecule has 0 radical (unpaired) electrons. The Hall–Kier alpha value is -8.98. The third-order valence-electron chi connectivity index (χ3n) is 15.4. The number of halogens is 1. The maximum Gasteiger partial charge on any atom is 0.326 e. The van der Waals surface area contributed by atoms with Gasteiger partial charge in [-0.15, -0.1) is 0 Å². The molecule has 1 saturated heterocycles. The molecule has 9 amide bonds. The summed E-state index contributed by atoms with van der Waals surface area (Å²) < 4.78 is 17.1. The number of hydrogen-bond donors (Lipinski definition) is 17. The second-order valence-electron chi connectivity index (χ2n) is 25.1. The standard InChI is InChI=1S/C59H94FN13O23Si/c1-58(2,3)97(60,59(4,5)6)37-11-9-36(10-12-37)51(87)64-30-41(66-46(78)31-70-22-24-71(32-48(81)82)26-28-73(34-50(85)86)29-27-72(25-23-70)33-49(83)84)53(89)67-42(35-74)52(88)63-21-18-44(76)62-20-17-43(75)61-19-7-8-38(54(90)91)65-45(77)15-13-39(55(92)93)68-57(96)69-40(56(94)95)14-16-47(79)80/h9-12,38-42,74H,7-8,13-35H2,1-6H3,(H,61,75)(H,62,76)(H,63,88)(H,64,87)(H,65,77)(H,66,78)(H,67,89)(H,79,80)(H,81,82)(H,83,84)(H,85,86)(H,90,91)(H,92,93)(H,94,95)(H2,68,69,96)/t38-,39+,40+,41-,42-/m1/s1. The average molecular weight is 1400 g/mol. The molecule has 0 aromatic heterocycles. The lowest BCUT2D eigenvalue weighted by Crippen LogP contribution is -2.59. The maximum atomic E-state index is 17.1. The van der Waals surface area contributed by atoms with Crippen LogP contribution in [-0.4, -0.2) is 300 Å². The zero-order valence-corrected chi connectivity index (χ0v) is 56.2. The summed E-state index contributed by atoms with van der Waals surface area (Å²) in [6, 6.07) is -3.66. The van der Waals surface area contributed by atoms with E-state index in [4.69, 9.17) is 5.11 Å². The van der Waals surface area contributed by atoms with Crippen LogP contribution in [0, 0.1) is 0 Å². The number of aliphatic carboxylic acids is 7. The van der Waals surface area contributed by atoms with Crippen LogP contribution in [0.25, 0.3) is 0 Å². The Bertz CT molecular complexity index is 2870. The van der Waals surface area contributed by atoms with E-state index in [1.165, 1.54) is 34.1 Å². The van der Waals surface area contributed by atoms with E-state index in [0.29, 0.717) is 5.19 Å². The van der Waals surface area contributed by atoms with Gasteiger partial charge in [-0.3, -0.25) is 72.3 Å².